The molecule has 1 aliphatic heterocycles. The molecule has 1 aromatic rings. The number of nitrogens with zero attached hydrogens (tertiary/aromatic N) is 3. The van der Waals surface area contributed by atoms with Crippen LogP contribution in [0.1, 0.15) is 6.42 Å². The highest BCUT2D eigenvalue weighted by Gasteiger charge is 2.39. The second-order valence-corrected chi connectivity index (χ2v) is 5.41. The third-order valence-corrected chi connectivity index (χ3v) is 3.41. The van der Waals surface area contributed by atoms with Crippen LogP contribution in [-0.4, -0.2) is 35.8 Å². The molecule has 0 aliphatic carbocycles. The van der Waals surface area contributed by atoms with Crippen LogP contribution in [-0.2, 0) is 0 Å². The number of alkyl halides is 2. The van der Waals surface area contributed by atoms with Crippen LogP contribution in [0.15, 0.2) is 28.2 Å². The molecule has 1 heterocycles. The summed E-state index contributed by atoms with van der Waals surface area (Å²) in [5.41, 5.74) is 11.6. The lowest BCUT2D eigenvalue weighted by atomic mass is 10.3. The van der Waals surface area contributed by atoms with Gasteiger partial charge in [-0.25, -0.2) is 13.8 Å². The van der Waals surface area contributed by atoms with E-state index in [1.807, 2.05) is 0 Å². The van der Waals surface area contributed by atoms with E-state index >= 15 is 0 Å². The maximum absolute atomic E-state index is 13.1. The predicted molar refractivity (Wildman–Crippen MR) is 80.5 cm³/mol. The standard InChI is InChI=1S/C12H13Cl2F2N5/c13-7-1-2-9(8(14)5-7)19-10(17)20-11(18)21-4-3-12(15,16)6-21/h1-2,5H,3-4,6H2,(H4,17,18,19,20). The zero-order valence-electron chi connectivity index (χ0n) is 10.9. The van der Waals surface area contributed by atoms with Gasteiger partial charge in [-0.15, -0.1) is 0 Å². The molecule has 1 saturated heterocycles. The molecular weight excluding hydrogens is 323 g/mol. The van der Waals surface area contributed by atoms with Crippen molar-refractivity contribution in [1.29, 1.82) is 0 Å². The number of halogens is 4. The Morgan fingerprint density at radius 2 is 2.00 bits per heavy atom. The van der Waals surface area contributed by atoms with Crippen LogP contribution in [0.3, 0.4) is 0 Å². The van der Waals surface area contributed by atoms with Crippen molar-refractivity contribution in [3.8, 4) is 0 Å². The number of rotatable bonds is 1. The Morgan fingerprint density at radius 3 is 2.57 bits per heavy atom. The Bertz CT molecular complexity index is 603. The lowest BCUT2D eigenvalue weighted by Crippen LogP contribution is -2.38. The normalized spacial score (nSPS) is 19.1. The van der Waals surface area contributed by atoms with Crippen molar-refractivity contribution >= 4 is 40.8 Å². The number of aliphatic imine (C=N–C) groups is 2. The highest BCUT2D eigenvalue weighted by molar-refractivity contribution is 6.36. The van der Waals surface area contributed by atoms with E-state index in [1.165, 1.54) is 11.0 Å². The first-order chi connectivity index (χ1) is 9.77. The summed E-state index contributed by atoms with van der Waals surface area (Å²) in [6.07, 6.45) is -0.261. The summed E-state index contributed by atoms with van der Waals surface area (Å²) < 4.78 is 26.2. The minimum Gasteiger partial charge on any atom is -0.369 e. The van der Waals surface area contributed by atoms with Crippen LogP contribution in [0.4, 0.5) is 14.5 Å². The Balaban J connectivity index is 2.14. The number of guanidine groups is 2. The zero-order chi connectivity index (χ0) is 15.6. The number of hydrogen-bond donors (Lipinski definition) is 2. The second kappa shape index (κ2) is 6.03. The van der Waals surface area contributed by atoms with E-state index in [2.05, 4.69) is 9.98 Å². The molecule has 0 atom stereocenters. The fraction of sp³-hybridized carbons (Fsp3) is 0.333. The van der Waals surface area contributed by atoms with Gasteiger partial charge in [-0.2, -0.15) is 4.99 Å². The van der Waals surface area contributed by atoms with Gasteiger partial charge in [-0.05, 0) is 18.2 Å². The topological polar surface area (TPSA) is 80.0 Å². The predicted octanol–water partition coefficient (Wildman–Crippen LogP) is 2.60. The van der Waals surface area contributed by atoms with Gasteiger partial charge in [0.25, 0.3) is 5.92 Å². The van der Waals surface area contributed by atoms with Crippen LogP contribution < -0.4 is 11.5 Å². The van der Waals surface area contributed by atoms with Crippen molar-refractivity contribution in [3.05, 3.63) is 28.2 Å². The van der Waals surface area contributed by atoms with Crippen molar-refractivity contribution in [3.63, 3.8) is 0 Å². The third kappa shape index (κ3) is 4.18. The molecular formula is C12H13Cl2F2N5. The number of nitrogens with two attached hydrogens (primary N) is 2. The molecule has 0 aromatic heterocycles. The Labute approximate surface area is 130 Å². The average molecular weight is 336 g/mol. The van der Waals surface area contributed by atoms with Gasteiger partial charge in [-0.3, -0.25) is 0 Å². The first-order valence-corrected chi connectivity index (χ1v) is 6.78. The van der Waals surface area contributed by atoms with Gasteiger partial charge in [0.1, 0.15) is 0 Å². The summed E-state index contributed by atoms with van der Waals surface area (Å²) in [7, 11) is 0. The van der Waals surface area contributed by atoms with Crippen molar-refractivity contribution in [2.45, 2.75) is 12.3 Å². The average Bonchev–Trinajstić information content (AvgIpc) is 2.73. The molecule has 114 valence electrons. The Kier molecular flexibility index (Phi) is 4.53. The van der Waals surface area contributed by atoms with Gasteiger partial charge in [0.15, 0.2) is 5.96 Å². The molecule has 4 N–H and O–H groups in total. The molecule has 0 saturated carbocycles. The fourth-order valence-electron chi connectivity index (χ4n) is 1.84. The van der Waals surface area contributed by atoms with Crippen molar-refractivity contribution < 1.29 is 8.78 Å². The Hall–Kier alpha value is -1.60. The zero-order valence-corrected chi connectivity index (χ0v) is 12.4. The number of likely N-dealkylation sites (tertiary alicyclic amines) is 1. The van der Waals surface area contributed by atoms with Gasteiger partial charge < -0.3 is 16.4 Å². The van der Waals surface area contributed by atoms with Gasteiger partial charge in [0.2, 0.25) is 5.96 Å². The van der Waals surface area contributed by atoms with Gasteiger partial charge in [0, 0.05) is 18.0 Å². The molecule has 0 unspecified atom stereocenters. The molecule has 0 radical (unpaired) electrons. The SMILES string of the molecule is NC(=Nc1ccc(Cl)cc1Cl)N=C(N)N1CCC(F)(F)C1. The van der Waals surface area contributed by atoms with Crippen LogP contribution in [0.5, 0.6) is 0 Å². The lowest BCUT2D eigenvalue weighted by Gasteiger charge is -2.16. The molecule has 2 rings (SSSR count). The summed E-state index contributed by atoms with van der Waals surface area (Å²) in [6, 6.07) is 4.66. The summed E-state index contributed by atoms with van der Waals surface area (Å²) in [6.45, 7) is -0.353. The van der Waals surface area contributed by atoms with Crippen LogP contribution >= 0.6 is 23.2 Å². The molecule has 0 amide bonds. The van der Waals surface area contributed by atoms with Gasteiger partial charge in [0.05, 0.1) is 17.3 Å². The summed E-state index contributed by atoms with van der Waals surface area (Å²) in [5, 5.41) is 0.756. The van der Waals surface area contributed by atoms with E-state index < -0.39 is 12.5 Å². The second-order valence-electron chi connectivity index (χ2n) is 4.56. The highest BCUT2D eigenvalue weighted by atomic mass is 35.5. The molecule has 9 heteroatoms. The molecule has 1 aromatic carbocycles. The van der Waals surface area contributed by atoms with Crippen LogP contribution in [0.25, 0.3) is 0 Å². The van der Waals surface area contributed by atoms with Gasteiger partial charge >= 0.3 is 0 Å². The first kappa shape index (κ1) is 15.8. The van der Waals surface area contributed by atoms with Crippen LogP contribution in [0, 0.1) is 0 Å². The summed E-state index contributed by atoms with van der Waals surface area (Å²) in [4.78, 5) is 9.03. The molecule has 0 bridgehead atoms. The van der Waals surface area contributed by atoms with Crippen molar-refractivity contribution in [2.24, 2.45) is 21.5 Å². The van der Waals surface area contributed by atoms with E-state index in [0.29, 0.717) is 15.7 Å². The molecule has 21 heavy (non-hydrogen) atoms. The van der Waals surface area contributed by atoms with Crippen molar-refractivity contribution in [1.82, 2.24) is 4.90 Å². The smallest absolute Gasteiger partial charge is 0.267 e. The number of benzene rings is 1. The van der Waals surface area contributed by atoms with E-state index in [4.69, 9.17) is 34.7 Å². The monoisotopic (exact) mass is 335 g/mol. The molecule has 1 fully saturated rings. The quantitative estimate of drug-likeness (QED) is 0.611. The molecule has 1 aliphatic rings. The van der Waals surface area contributed by atoms with Crippen LogP contribution in [0.2, 0.25) is 10.0 Å². The van der Waals surface area contributed by atoms with Crippen molar-refractivity contribution in [2.75, 3.05) is 13.1 Å². The minimum atomic E-state index is -2.76. The van der Waals surface area contributed by atoms with E-state index in [0.717, 1.165) is 0 Å². The largest absolute Gasteiger partial charge is 0.369 e. The van der Waals surface area contributed by atoms with E-state index in [1.54, 1.807) is 12.1 Å². The third-order valence-electron chi connectivity index (χ3n) is 2.87. The summed E-state index contributed by atoms with van der Waals surface area (Å²) in [5.74, 6) is -3.03. The summed E-state index contributed by atoms with van der Waals surface area (Å²) >= 11 is 11.7. The molecule has 5 nitrogen and oxygen atoms in total. The fourth-order valence-corrected chi connectivity index (χ4v) is 2.29. The minimum absolute atomic E-state index is 0.0986. The van der Waals surface area contributed by atoms with Gasteiger partial charge in [-0.1, -0.05) is 23.2 Å². The molecule has 0 spiro atoms. The maximum Gasteiger partial charge on any atom is 0.267 e. The number of hydrogen-bond acceptors (Lipinski definition) is 1. The maximum atomic E-state index is 13.1. The van der Waals surface area contributed by atoms with E-state index in [9.17, 15) is 8.78 Å². The lowest BCUT2D eigenvalue weighted by molar-refractivity contribution is 0.0175. The van der Waals surface area contributed by atoms with E-state index in [-0.39, 0.29) is 24.9 Å². The Morgan fingerprint density at radius 1 is 1.29 bits per heavy atom. The highest BCUT2D eigenvalue weighted by Crippen LogP contribution is 2.28. The first-order valence-electron chi connectivity index (χ1n) is 6.03.